The average molecular weight is 603 g/mol. The number of ether oxygens (including phenoxy) is 1. The fraction of sp³-hybridized carbons (Fsp3) is 0.382. The van der Waals surface area contributed by atoms with Crippen LogP contribution in [0.1, 0.15) is 63.0 Å². The van der Waals surface area contributed by atoms with Crippen molar-refractivity contribution >= 4 is 46.6 Å². The van der Waals surface area contributed by atoms with E-state index in [4.69, 9.17) is 16.3 Å². The zero-order valence-corrected chi connectivity index (χ0v) is 26.2. The zero-order chi connectivity index (χ0) is 30.9. The van der Waals surface area contributed by atoms with E-state index in [1.54, 1.807) is 28.9 Å². The van der Waals surface area contributed by atoms with Crippen LogP contribution in [0.5, 0.6) is 0 Å². The van der Waals surface area contributed by atoms with Crippen LogP contribution in [0.2, 0.25) is 5.02 Å². The van der Waals surface area contributed by atoms with Gasteiger partial charge in [-0.25, -0.2) is 4.79 Å². The lowest BCUT2D eigenvalue weighted by atomic mass is 9.89. The summed E-state index contributed by atoms with van der Waals surface area (Å²) in [7, 11) is 0. The molecule has 43 heavy (non-hydrogen) atoms. The molecule has 2 aliphatic heterocycles. The topological polar surface area (TPSA) is 73.4 Å². The SMILES string of the molecule is CC(=O)N(c1ccc(Cl)cc1)C1CC(C)N(C(=O)c2ccc(N3CCN(C(=O)OC(C)(C)C)CC3)cc2)c2ccccc21. The molecule has 3 aromatic carbocycles. The summed E-state index contributed by atoms with van der Waals surface area (Å²) in [5.74, 6) is -0.155. The molecular formula is C34H39ClN4O4. The number of rotatable bonds is 4. The molecule has 2 atom stereocenters. The third-order valence-corrected chi connectivity index (χ3v) is 8.20. The maximum atomic E-state index is 14.0. The third kappa shape index (κ3) is 6.64. The number of carbonyl (C=O) groups is 3. The molecule has 0 spiro atoms. The van der Waals surface area contributed by atoms with Gasteiger partial charge in [0.2, 0.25) is 5.91 Å². The summed E-state index contributed by atoms with van der Waals surface area (Å²) in [4.78, 5) is 46.9. The van der Waals surface area contributed by atoms with Gasteiger partial charge in [-0.1, -0.05) is 29.8 Å². The minimum Gasteiger partial charge on any atom is -0.444 e. The molecule has 0 N–H and O–H groups in total. The molecular weight excluding hydrogens is 564 g/mol. The Balaban J connectivity index is 1.33. The fourth-order valence-electron chi connectivity index (χ4n) is 5.95. The number of halogens is 1. The molecule has 3 aromatic rings. The average Bonchev–Trinajstić information content (AvgIpc) is 2.97. The van der Waals surface area contributed by atoms with Gasteiger partial charge in [-0.2, -0.15) is 0 Å². The Bertz CT molecular complexity index is 1480. The van der Waals surface area contributed by atoms with Gasteiger partial charge < -0.3 is 24.3 Å². The van der Waals surface area contributed by atoms with E-state index in [2.05, 4.69) is 4.90 Å². The van der Waals surface area contributed by atoms with Crippen LogP contribution in [-0.4, -0.2) is 60.6 Å². The third-order valence-electron chi connectivity index (χ3n) is 7.95. The molecule has 5 rings (SSSR count). The highest BCUT2D eigenvalue weighted by molar-refractivity contribution is 6.30. The summed E-state index contributed by atoms with van der Waals surface area (Å²) in [6.07, 6.45) is 0.302. The maximum Gasteiger partial charge on any atom is 0.410 e. The van der Waals surface area contributed by atoms with Crippen molar-refractivity contribution in [2.75, 3.05) is 40.9 Å². The second kappa shape index (κ2) is 12.3. The van der Waals surface area contributed by atoms with Crippen molar-refractivity contribution in [3.05, 3.63) is 88.9 Å². The number of anilines is 3. The highest BCUT2D eigenvalue weighted by Gasteiger charge is 2.38. The van der Waals surface area contributed by atoms with E-state index in [-0.39, 0.29) is 30.0 Å². The number of hydrogen-bond acceptors (Lipinski definition) is 5. The van der Waals surface area contributed by atoms with Crippen LogP contribution in [0.15, 0.2) is 72.8 Å². The quantitative estimate of drug-likeness (QED) is 0.324. The van der Waals surface area contributed by atoms with Crippen LogP contribution in [0.4, 0.5) is 21.9 Å². The van der Waals surface area contributed by atoms with E-state index in [1.165, 1.54) is 0 Å². The summed E-state index contributed by atoms with van der Waals surface area (Å²) >= 11 is 6.12. The van der Waals surface area contributed by atoms with Gasteiger partial charge in [-0.15, -0.1) is 0 Å². The molecule has 0 aliphatic carbocycles. The molecule has 0 radical (unpaired) electrons. The summed E-state index contributed by atoms with van der Waals surface area (Å²) in [6, 6.07) is 22.4. The lowest BCUT2D eigenvalue weighted by molar-refractivity contribution is -0.117. The number of fused-ring (bicyclic) bond motifs is 1. The van der Waals surface area contributed by atoms with Crippen molar-refractivity contribution in [1.82, 2.24) is 4.90 Å². The minimum atomic E-state index is -0.520. The Morgan fingerprint density at radius 3 is 2.12 bits per heavy atom. The van der Waals surface area contributed by atoms with Gasteiger partial charge in [0.05, 0.1) is 6.04 Å². The molecule has 1 saturated heterocycles. The van der Waals surface area contributed by atoms with Gasteiger partial charge in [0.15, 0.2) is 0 Å². The molecule has 0 bridgehead atoms. The second-order valence-electron chi connectivity index (χ2n) is 12.2. The summed E-state index contributed by atoms with van der Waals surface area (Å²) in [5.41, 5.74) is 3.58. The molecule has 0 aromatic heterocycles. The normalized spacial score (nSPS) is 18.6. The van der Waals surface area contributed by atoms with Crippen molar-refractivity contribution in [2.24, 2.45) is 0 Å². The second-order valence-corrected chi connectivity index (χ2v) is 12.6. The number of para-hydroxylation sites is 1. The van der Waals surface area contributed by atoms with Crippen molar-refractivity contribution in [3.63, 3.8) is 0 Å². The Hall–Kier alpha value is -4.04. The van der Waals surface area contributed by atoms with Crippen LogP contribution < -0.4 is 14.7 Å². The lowest BCUT2D eigenvalue weighted by Gasteiger charge is -2.43. The molecule has 2 aliphatic rings. The fourth-order valence-corrected chi connectivity index (χ4v) is 6.07. The van der Waals surface area contributed by atoms with E-state index in [0.29, 0.717) is 43.2 Å². The van der Waals surface area contributed by atoms with Crippen LogP contribution in [0, 0.1) is 0 Å². The van der Waals surface area contributed by atoms with Crippen molar-refractivity contribution in [1.29, 1.82) is 0 Å². The van der Waals surface area contributed by atoms with Gasteiger partial charge in [-0.3, -0.25) is 9.59 Å². The number of piperazine rings is 1. The van der Waals surface area contributed by atoms with E-state index < -0.39 is 5.60 Å². The summed E-state index contributed by atoms with van der Waals surface area (Å²) in [6.45, 7) is 11.7. The summed E-state index contributed by atoms with van der Waals surface area (Å²) < 4.78 is 5.51. The molecule has 9 heteroatoms. The Morgan fingerprint density at radius 2 is 1.51 bits per heavy atom. The smallest absolute Gasteiger partial charge is 0.410 e. The largest absolute Gasteiger partial charge is 0.444 e. The van der Waals surface area contributed by atoms with Gasteiger partial charge in [-0.05, 0) is 94.3 Å². The standard InChI is InChI=1S/C34H39ClN4O4/c1-23-22-31(39(24(2)40)28-16-12-26(35)13-17-28)29-8-6-7-9-30(29)38(23)32(41)25-10-14-27(15-11-25)36-18-20-37(21-19-36)33(42)43-34(3,4)5/h6-17,23,31H,18-22H2,1-5H3. The minimum absolute atomic E-state index is 0.0726. The van der Waals surface area contributed by atoms with Gasteiger partial charge in [0, 0.05) is 66.8 Å². The monoisotopic (exact) mass is 602 g/mol. The zero-order valence-electron chi connectivity index (χ0n) is 25.4. The molecule has 0 saturated carbocycles. The number of amides is 3. The Morgan fingerprint density at radius 1 is 0.884 bits per heavy atom. The Labute approximate surface area is 258 Å². The van der Waals surface area contributed by atoms with Gasteiger partial charge in [0.25, 0.3) is 5.91 Å². The molecule has 2 heterocycles. The highest BCUT2D eigenvalue weighted by Crippen LogP contribution is 2.43. The summed E-state index contributed by atoms with van der Waals surface area (Å²) in [5, 5.41) is 0.607. The number of hydrogen-bond donors (Lipinski definition) is 0. The first-order valence-corrected chi connectivity index (χ1v) is 15.1. The van der Waals surface area contributed by atoms with E-state index in [9.17, 15) is 14.4 Å². The molecule has 8 nitrogen and oxygen atoms in total. The van der Waals surface area contributed by atoms with E-state index in [0.717, 1.165) is 22.6 Å². The maximum absolute atomic E-state index is 14.0. The van der Waals surface area contributed by atoms with Crippen molar-refractivity contribution in [2.45, 2.75) is 58.7 Å². The number of benzene rings is 3. The van der Waals surface area contributed by atoms with Gasteiger partial charge >= 0.3 is 6.09 Å². The van der Waals surface area contributed by atoms with E-state index >= 15 is 0 Å². The lowest BCUT2D eigenvalue weighted by Crippen LogP contribution is -2.50. The first-order valence-electron chi connectivity index (χ1n) is 14.7. The molecule has 3 amide bonds. The predicted octanol–water partition coefficient (Wildman–Crippen LogP) is 6.93. The first kappa shape index (κ1) is 30.4. The molecule has 1 fully saturated rings. The Kier molecular flexibility index (Phi) is 8.69. The molecule has 2 unspecified atom stereocenters. The van der Waals surface area contributed by atoms with E-state index in [1.807, 2.05) is 93.3 Å². The van der Waals surface area contributed by atoms with Crippen molar-refractivity contribution < 1.29 is 19.1 Å². The predicted molar refractivity (Wildman–Crippen MR) is 171 cm³/mol. The van der Waals surface area contributed by atoms with Crippen LogP contribution in [-0.2, 0) is 9.53 Å². The van der Waals surface area contributed by atoms with Gasteiger partial charge in [0.1, 0.15) is 5.60 Å². The number of nitrogens with zero attached hydrogens (tertiary/aromatic N) is 4. The van der Waals surface area contributed by atoms with Crippen LogP contribution in [0.3, 0.4) is 0 Å². The first-order chi connectivity index (χ1) is 20.4. The van der Waals surface area contributed by atoms with Crippen LogP contribution in [0.25, 0.3) is 0 Å². The van der Waals surface area contributed by atoms with Crippen molar-refractivity contribution in [3.8, 4) is 0 Å². The molecule has 226 valence electrons. The highest BCUT2D eigenvalue weighted by atomic mass is 35.5. The number of carbonyl (C=O) groups excluding carboxylic acids is 3. The van der Waals surface area contributed by atoms with Crippen LogP contribution >= 0.6 is 11.6 Å².